The van der Waals surface area contributed by atoms with E-state index in [1.165, 1.54) is 0 Å². The van der Waals surface area contributed by atoms with Crippen LogP contribution in [0.15, 0.2) is 48.7 Å². The Morgan fingerprint density at radius 3 is 2.62 bits per heavy atom. The molecule has 0 bridgehead atoms. The molecule has 0 radical (unpaired) electrons. The highest BCUT2D eigenvalue weighted by Gasteiger charge is 2.27. The second-order valence-electron chi connectivity index (χ2n) is 7.49. The SMILES string of the molecule is O=C1CCc2cc(C=CC(=O)N3CCC(C(=O)c4ccccc4)CC3)cnc2N1. The number of hydrogen-bond acceptors (Lipinski definition) is 4. The summed E-state index contributed by atoms with van der Waals surface area (Å²) in [4.78, 5) is 42.6. The number of nitrogens with zero attached hydrogens (tertiary/aromatic N) is 2. The van der Waals surface area contributed by atoms with Crippen molar-refractivity contribution in [1.29, 1.82) is 0 Å². The van der Waals surface area contributed by atoms with Gasteiger partial charge in [0.1, 0.15) is 5.82 Å². The van der Waals surface area contributed by atoms with E-state index in [-0.39, 0.29) is 23.5 Å². The van der Waals surface area contributed by atoms with Crippen molar-refractivity contribution < 1.29 is 14.4 Å². The Balaban J connectivity index is 1.33. The number of benzene rings is 1. The van der Waals surface area contributed by atoms with E-state index < -0.39 is 0 Å². The lowest BCUT2D eigenvalue weighted by molar-refractivity contribution is -0.127. The van der Waals surface area contributed by atoms with Gasteiger partial charge in [-0.25, -0.2) is 4.98 Å². The van der Waals surface area contributed by atoms with Crippen molar-refractivity contribution in [1.82, 2.24) is 9.88 Å². The fraction of sp³-hybridized carbons (Fsp3) is 0.304. The summed E-state index contributed by atoms with van der Waals surface area (Å²) in [5.74, 6) is 0.681. The maximum absolute atomic E-state index is 12.6. The van der Waals surface area contributed by atoms with Gasteiger partial charge in [-0.15, -0.1) is 0 Å². The molecule has 148 valence electrons. The summed E-state index contributed by atoms with van der Waals surface area (Å²) < 4.78 is 0. The van der Waals surface area contributed by atoms with Crippen LogP contribution in [-0.4, -0.2) is 40.6 Å². The summed E-state index contributed by atoms with van der Waals surface area (Å²) >= 11 is 0. The number of ketones is 1. The zero-order valence-corrected chi connectivity index (χ0v) is 16.1. The van der Waals surface area contributed by atoms with Crippen molar-refractivity contribution in [3.8, 4) is 0 Å². The molecular weight excluding hydrogens is 366 g/mol. The molecule has 0 aliphatic carbocycles. The van der Waals surface area contributed by atoms with Gasteiger partial charge in [0.25, 0.3) is 0 Å². The van der Waals surface area contributed by atoms with Crippen LogP contribution in [0.25, 0.3) is 6.08 Å². The fourth-order valence-electron chi connectivity index (χ4n) is 3.84. The van der Waals surface area contributed by atoms with Gasteiger partial charge in [-0.1, -0.05) is 30.3 Å². The first-order valence-electron chi connectivity index (χ1n) is 9.95. The molecule has 0 saturated carbocycles. The van der Waals surface area contributed by atoms with E-state index in [4.69, 9.17) is 0 Å². The molecule has 0 spiro atoms. The van der Waals surface area contributed by atoms with Crippen molar-refractivity contribution in [2.45, 2.75) is 25.7 Å². The maximum atomic E-state index is 12.6. The number of anilines is 1. The molecule has 3 heterocycles. The molecule has 29 heavy (non-hydrogen) atoms. The minimum Gasteiger partial charge on any atom is -0.339 e. The zero-order valence-electron chi connectivity index (χ0n) is 16.1. The number of hydrogen-bond donors (Lipinski definition) is 1. The smallest absolute Gasteiger partial charge is 0.246 e. The molecule has 2 amide bonds. The molecule has 1 N–H and O–H groups in total. The van der Waals surface area contributed by atoms with Gasteiger partial charge >= 0.3 is 0 Å². The number of aryl methyl sites for hydroxylation is 1. The Bertz CT molecular complexity index is 961. The van der Waals surface area contributed by atoms with Gasteiger partial charge in [0.15, 0.2) is 5.78 Å². The number of amides is 2. The molecule has 6 nitrogen and oxygen atoms in total. The van der Waals surface area contributed by atoms with E-state index >= 15 is 0 Å². The minimum atomic E-state index is -0.0540. The van der Waals surface area contributed by atoms with Gasteiger partial charge in [0.05, 0.1) is 0 Å². The topological polar surface area (TPSA) is 79.4 Å². The highest BCUT2D eigenvalue weighted by atomic mass is 16.2. The van der Waals surface area contributed by atoms with E-state index in [9.17, 15) is 14.4 Å². The minimum absolute atomic E-state index is 0.0161. The third kappa shape index (κ3) is 4.42. The predicted molar refractivity (Wildman–Crippen MR) is 110 cm³/mol. The molecule has 0 atom stereocenters. The second-order valence-corrected chi connectivity index (χ2v) is 7.49. The lowest BCUT2D eigenvalue weighted by Gasteiger charge is -2.30. The first-order chi connectivity index (χ1) is 14.1. The number of nitrogens with one attached hydrogen (secondary N) is 1. The largest absolute Gasteiger partial charge is 0.339 e. The van der Waals surface area contributed by atoms with Crippen LogP contribution in [0.3, 0.4) is 0 Å². The summed E-state index contributed by atoms with van der Waals surface area (Å²) in [6, 6.07) is 11.3. The summed E-state index contributed by atoms with van der Waals surface area (Å²) in [6.07, 6.45) is 7.46. The highest BCUT2D eigenvalue weighted by Crippen LogP contribution is 2.23. The predicted octanol–water partition coefficient (Wildman–Crippen LogP) is 3.10. The summed E-state index contributed by atoms with van der Waals surface area (Å²) in [5.41, 5.74) is 2.56. The van der Waals surface area contributed by atoms with Crippen molar-refractivity contribution in [3.63, 3.8) is 0 Å². The molecule has 1 saturated heterocycles. The van der Waals surface area contributed by atoms with Crippen molar-refractivity contribution in [3.05, 3.63) is 65.4 Å². The van der Waals surface area contributed by atoms with Crippen molar-refractivity contribution in [2.24, 2.45) is 5.92 Å². The Labute approximate surface area is 169 Å². The van der Waals surface area contributed by atoms with Gasteiger partial charge in [0, 0.05) is 43.3 Å². The summed E-state index contributed by atoms with van der Waals surface area (Å²) in [7, 11) is 0. The van der Waals surface area contributed by atoms with Crippen LogP contribution in [0.1, 0.15) is 40.7 Å². The standard InChI is InChI=1S/C23H23N3O3/c27-20-8-7-19-14-16(15-24-23(19)25-20)6-9-21(28)26-12-10-18(11-13-26)22(29)17-4-2-1-3-5-17/h1-6,9,14-15,18H,7-8,10-13H2,(H,24,25,27). The molecule has 4 rings (SSSR count). The molecule has 2 aliphatic rings. The third-order valence-corrected chi connectivity index (χ3v) is 5.52. The van der Waals surface area contributed by atoms with Gasteiger partial charge in [0.2, 0.25) is 11.8 Å². The van der Waals surface area contributed by atoms with Gasteiger partial charge in [-0.3, -0.25) is 14.4 Å². The van der Waals surface area contributed by atoms with Crippen LogP contribution in [0.4, 0.5) is 5.82 Å². The van der Waals surface area contributed by atoms with E-state index in [1.807, 2.05) is 36.4 Å². The third-order valence-electron chi connectivity index (χ3n) is 5.52. The quantitative estimate of drug-likeness (QED) is 0.644. The summed E-state index contributed by atoms with van der Waals surface area (Å²) in [6.45, 7) is 1.17. The Kier molecular flexibility index (Phi) is 5.51. The second kappa shape index (κ2) is 8.39. The van der Waals surface area contributed by atoms with E-state index in [0.717, 1.165) is 16.7 Å². The van der Waals surface area contributed by atoms with Crippen LogP contribution in [-0.2, 0) is 16.0 Å². The average molecular weight is 389 g/mol. The Morgan fingerprint density at radius 1 is 1.10 bits per heavy atom. The zero-order chi connectivity index (χ0) is 20.2. The molecule has 2 aliphatic heterocycles. The van der Waals surface area contributed by atoms with E-state index in [0.29, 0.717) is 44.6 Å². The van der Waals surface area contributed by atoms with Crippen LogP contribution in [0.2, 0.25) is 0 Å². The van der Waals surface area contributed by atoms with Crippen LogP contribution in [0, 0.1) is 5.92 Å². The van der Waals surface area contributed by atoms with E-state index in [1.54, 1.807) is 23.2 Å². The normalized spacial score (nSPS) is 17.1. The molecule has 6 heteroatoms. The number of rotatable bonds is 4. The number of pyridine rings is 1. The molecule has 1 fully saturated rings. The number of likely N-dealkylation sites (tertiary alicyclic amines) is 1. The van der Waals surface area contributed by atoms with Gasteiger partial charge < -0.3 is 10.2 Å². The summed E-state index contributed by atoms with van der Waals surface area (Å²) in [5, 5.41) is 2.75. The van der Waals surface area contributed by atoms with Gasteiger partial charge in [-0.2, -0.15) is 0 Å². The number of aromatic nitrogens is 1. The number of Topliss-reactive ketones (excluding diaryl/α,β-unsaturated/α-hetero) is 1. The number of carbonyl (C=O) groups excluding carboxylic acids is 3. The maximum Gasteiger partial charge on any atom is 0.246 e. The number of carbonyl (C=O) groups is 3. The highest BCUT2D eigenvalue weighted by molar-refractivity contribution is 5.98. The van der Waals surface area contributed by atoms with E-state index in [2.05, 4.69) is 10.3 Å². The Morgan fingerprint density at radius 2 is 1.86 bits per heavy atom. The molecule has 2 aromatic rings. The first-order valence-corrected chi connectivity index (χ1v) is 9.95. The van der Waals surface area contributed by atoms with Gasteiger partial charge in [-0.05, 0) is 42.5 Å². The van der Waals surface area contributed by atoms with Crippen LogP contribution >= 0.6 is 0 Å². The molecule has 0 unspecified atom stereocenters. The van der Waals surface area contributed by atoms with Crippen LogP contribution in [0.5, 0.6) is 0 Å². The monoisotopic (exact) mass is 389 g/mol. The number of fused-ring (bicyclic) bond motifs is 1. The first kappa shape index (κ1) is 19.1. The fourth-order valence-corrected chi connectivity index (χ4v) is 3.84. The molecule has 1 aromatic carbocycles. The molecule has 1 aromatic heterocycles. The Hall–Kier alpha value is -3.28. The lowest BCUT2D eigenvalue weighted by Crippen LogP contribution is -2.39. The van der Waals surface area contributed by atoms with Crippen molar-refractivity contribution >= 4 is 29.5 Å². The molecular formula is C23H23N3O3. The average Bonchev–Trinajstić information content (AvgIpc) is 2.77. The van der Waals surface area contributed by atoms with Crippen LogP contribution < -0.4 is 5.32 Å². The van der Waals surface area contributed by atoms with Crippen molar-refractivity contribution in [2.75, 3.05) is 18.4 Å². The number of piperidine rings is 1. The lowest BCUT2D eigenvalue weighted by atomic mass is 9.89.